The normalized spacial score (nSPS) is 11.2. The van der Waals surface area contributed by atoms with E-state index in [0.29, 0.717) is 10.8 Å². The van der Waals surface area contributed by atoms with Gasteiger partial charge in [-0.25, -0.2) is 8.78 Å². The second kappa shape index (κ2) is 8.48. The number of halogens is 2. The molecule has 1 nitrogen and oxygen atoms in total. The molecule has 0 aliphatic heterocycles. The van der Waals surface area contributed by atoms with Crippen molar-refractivity contribution in [1.82, 2.24) is 5.32 Å². The van der Waals surface area contributed by atoms with Gasteiger partial charge in [-0.1, -0.05) is 13.8 Å². The molecule has 0 saturated carbocycles. The van der Waals surface area contributed by atoms with Crippen molar-refractivity contribution in [2.24, 2.45) is 5.92 Å². The summed E-state index contributed by atoms with van der Waals surface area (Å²) in [4.78, 5) is 0.408. The minimum atomic E-state index is -0.377. The first-order valence-corrected chi connectivity index (χ1v) is 7.36. The van der Waals surface area contributed by atoms with Crippen LogP contribution in [0.15, 0.2) is 23.1 Å². The molecule has 0 aliphatic carbocycles. The largest absolute Gasteiger partial charge is 0.316 e. The van der Waals surface area contributed by atoms with Crippen LogP contribution in [0.2, 0.25) is 0 Å². The first kappa shape index (κ1) is 15.4. The lowest BCUT2D eigenvalue weighted by atomic mass is 10.2. The first-order chi connectivity index (χ1) is 8.59. The summed E-state index contributed by atoms with van der Waals surface area (Å²) in [6.45, 7) is 6.38. The number of rotatable bonds is 8. The SMILES string of the molecule is CC(C)CNCCCCSc1cc(F)ccc1F. The van der Waals surface area contributed by atoms with E-state index in [0.717, 1.165) is 37.8 Å². The molecule has 0 radical (unpaired) electrons. The topological polar surface area (TPSA) is 12.0 Å². The summed E-state index contributed by atoms with van der Waals surface area (Å²) in [7, 11) is 0. The predicted octanol–water partition coefficient (Wildman–Crippen LogP) is 4.08. The maximum absolute atomic E-state index is 13.3. The summed E-state index contributed by atoms with van der Waals surface area (Å²) in [6.07, 6.45) is 2.07. The summed E-state index contributed by atoms with van der Waals surface area (Å²) in [6, 6.07) is 3.59. The molecule has 0 aliphatic rings. The molecule has 0 spiro atoms. The highest BCUT2D eigenvalue weighted by Gasteiger charge is 2.03. The third kappa shape index (κ3) is 6.36. The van der Waals surface area contributed by atoms with Gasteiger partial charge in [-0.2, -0.15) is 0 Å². The lowest BCUT2D eigenvalue weighted by molar-refractivity contribution is 0.541. The van der Waals surface area contributed by atoms with Crippen LogP contribution in [0.4, 0.5) is 8.78 Å². The molecule has 102 valence electrons. The standard InChI is InChI=1S/C14H21F2NS/c1-11(2)10-17-7-3-4-8-18-14-9-12(15)5-6-13(14)16/h5-6,9,11,17H,3-4,7-8,10H2,1-2H3. The average molecular weight is 273 g/mol. The van der Waals surface area contributed by atoms with Gasteiger partial charge in [0.15, 0.2) is 0 Å². The van der Waals surface area contributed by atoms with Crippen molar-refractivity contribution >= 4 is 11.8 Å². The van der Waals surface area contributed by atoms with Gasteiger partial charge in [-0.15, -0.1) is 11.8 Å². The van der Waals surface area contributed by atoms with Gasteiger partial charge in [-0.3, -0.25) is 0 Å². The van der Waals surface area contributed by atoms with Crippen molar-refractivity contribution in [3.05, 3.63) is 29.8 Å². The molecule has 0 saturated heterocycles. The fraction of sp³-hybridized carbons (Fsp3) is 0.571. The Balaban J connectivity index is 2.12. The van der Waals surface area contributed by atoms with Gasteiger partial charge in [0, 0.05) is 4.90 Å². The second-order valence-electron chi connectivity index (χ2n) is 4.73. The molecule has 0 unspecified atom stereocenters. The highest BCUT2D eigenvalue weighted by Crippen LogP contribution is 2.23. The number of unbranched alkanes of at least 4 members (excludes halogenated alkanes) is 1. The van der Waals surface area contributed by atoms with Crippen molar-refractivity contribution < 1.29 is 8.78 Å². The Morgan fingerprint density at radius 3 is 2.72 bits per heavy atom. The van der Waals surface area contributed by atoms with Gasteiger partial charge in [0.1, 0.15) is 11.6 Å². The van der Waals surface area contributed by atoms with Crippen LogP contribution >= 0.6 is 11.8 Å². The van der Waals surface area contributed by atoms with Crippen LogP contribution < -0.4 is 5.32 Å². The molecule has 0 atom stereocenters. The predicted molar refractivity (Wildman–Crippen MR) is 74.0 cm³/mol. The number of hydrogen-bond acceptors (Lipinski definition) is 2. The van der Waals surface area contributed by atoms with Crippen LogP contribution in [0.3, 0.4) is 0 Å². The Labute approximate surface area is 112 Å². The van der Waals surface area contributed by atoms with Crippen molar-refractivity contribution in [3.8, 4) is 0 Å². The zero-order valence-electron chi connectivity index (χ0n) is 11.0. The highest BCUT2D eigenvalue weighted by atomic mass is 32.2. The van der Waals surface area contributed by atoms with E-state index in [1.54, 1.807) is 0 Å². The third-order valence-corrected chi connectivity index (χ3v) is 3.57. The quantitative estimate of drug-likeness (QED) is 0.566. The van der Waals surface area contributed by atoms with Gasteiger partial charge in [0.05, 0.1) is 0 Å². The highest BCUT2D eigenvalue weighted by molar-refractivity contribution is 7.99. The third-order valence-electron chi connectivity index (χ3n) is 2.45. The molecule has 0 bridgehead atoms. The first-order valence-electron chi connectivity index (χ1n) is 6.38. The van der Waals surface area contributed by atoms with Crippen molar-refractivity contribution in [1.29, 1.82) is 0 Å². The van der Waals surface area contributed by atoms with Gasteiger partial charge in [-0.05, 0) is 55.8 Å². The summed E-state index contributed by atoms with van der Waals surface area (Å²) in [5.41, 5.74) is 0. The number of hydrogen-bond donors (Lipinski definition) is 1. The van der Waals surface area contributed by atoms with Crippen LogP contribution in [0.25, 0.3) is 0 Å². The Hall–Kier alpha value is -0.610. The van der Waals surface area contributed by atoms with Crippen molar-refractivity contribution in [2.45, 2.75) is 31.6 Å². The smallest absolute Gasteiger partial charge is 0.136 e. The Morgan fingerprint density at radius 1 is 1.22 bits per heavy atom. The fourth-order valence-corrected chi connectivity index (χ4v) is 2.48. The van der Waals surface area contributed by atoms with Gasteiger partial charge >= 0.3 is 0 Å². The summed E-state index contributed by atoms with van der Waals surface area (Å²) < 4.78 is 26.2. The number of thioether (sulfide) groups is 1. The Kier molecular flexibility index (Phi) is 7.28. The van der Waals surface area contributed by atoms with Crippen LogP contribution in [-0.2, 0) is 0 Å². The van der Waals surface area contributed by atoms with Gasteiger partial charge in [0.25, 0.3) is 0 Å². The summed E-state index contributed by atoms with van der Waals surface area (Å²) in [5.74, 6) is 0.779. The summed E-state index contributed by atoms with van der Waals surface area (Å²) in [5, 5.41) is 3.36. The monoisotopic (exact) mass is 273 g/mol. The van der Waals surface area contributed by atoms with E-state index in [1.807, 2.05) is 0 Å². The van der Waals surface area contributed by atoms with Crippen LogP contribution in [0.5, 0.6) is 0 Å². The minimum Gasteiger partial charge on any atom is -0.316 e. The summed E-state index contributed by atoms with van der Waals surface area (Å²) >= 11 is 1.38. The Morgan fingerprint density at radius 2 is 2.00 bits per heavy atom. The van der Waals surface area contributed by atoms with Crippen LogP contribution in [0.1, 0.15) is 26.7 Å². The molecule has 1 aromatic rings. The molecule has 18 heavy (non-hydrogen) atoms. The van der Waals surface area contributed by atoms with E-state index in [1.165, 1.54) is 23.9 Å². The van der Waals surface area contributed by atoms with E-state index >= 15 is 0 Å². The maximum Gasteiger partial charge on any atom is 0.136 e. The molecular weight excluding hydrogens is 252 g/mol. The lowest BCUT2D eigenvalue weighted by Crippen LogP contribution is -2.20. The number of nitrogens with one attached hydrogen (secondary N) is 1. The fourth-order valence-electron chi connectivity index (χ4n) is 1.51. The molecule has 1 aromatic carbocycles. The maximum atomic E-state index is 13.3. The van der Waals surface area contributed by atoms with E-state index in [2.05, 4.69) is 19.2 Å². The van der Waals surface area contributed by atoms with Crippen LogP contribution in [0, 0.1) is 17.6 Å². The number of benzene rings is 1. The molecule has 1 N–H and O–H groups in total. The molecule has 1 rings (SSSR count). The minimum absolute atomic E-state index is 0.334. The average Bonchev–Trinajstić information content (AvgIpc) is 2.32. The van der Waals surface area contributed by atoms with E-state index in [9.17, 15) is 8.78 Å². The zero-order valence-corrected chi connectivity index (χ0v) is 11.8. The lowest BCUT2D eigenvalue weighted by Gasteiger charge is -2.07. The van der Waals surface area contributed by atoms with E-state index in [-0.39, 0.29) is 11.6 Å². The molecule has 0 fully saturated rings. The van der Waals surface area contributed by atoms with E-state index in [4.69, 9.17) is 0 Å². The van der Waals surface area contributed by atoms with Gasteiger partial charge < -0.3 is 5.32 Å². The Bertz CT molecular complexity index is 356. The van der Waals surface area contributed by atoms with Crippen molar-refractivity contribution in [3.63, 3.8) is 0 Å². The molecule has 0 heterocycles. The van der Waals surface area contributed by atoms with Crippen molar-refractivity contribution in [2.75, 3.05) is 18.8 Å². The zero-order chi connectivity index (χ0) is 13.4. The molecule has 0 amide bonds. The molecule has 0 aromatic heterocycles. The molecular formula is C14H21F2NS. The second-order valence-corrected chi connectivity index (χ2v) is 5.87. The van der Waals surface area contributed by atoms with Crippen LogP contribution in [-0.4, -0.2) is 18.8 Å². The van der Waals surface area contributed by atoms with Gasteiger partial charge in [0.2, 0.25) is 0 Å². The molecule has 4 heteroatoms. The van der Waals surface area contributed by atoms with E-state index < -0.39 is 0 Å².